The van der Waals surface area contributed by atoms with E-state index in [1.807, 2.05) is 27.7 Å². The van der Waals surface area contributed by atoms with Crippen molar-refractivity contribution in [1.29, 1.82) is 0 Å². The van der Waals surface area contributed by atoms with E-state index in [1.165, 1.54) is 0 Å². The summed E-state index contributed by atoms with van der Waals surface area (Å²) in [7, 11) is 4.73. The van der Waals surface area contributed by atoms with Crippen molar-refractivity contribution in [2.24, 2.45) is 5.16 Å². The van der Waals surface area contributed by atoms with E-state index in [2.05, 4.69) is 5.16 Å². The zero-order valence-corrected chi connectivity index (χ0v) is 21.1. The van der Waals surface area contributed by atoms with E-state index in [0.29, 0.717) is 41.6 Å². The number of methoxy groups -OCH3 is 3. The molecular weight excluding hydrogens is 462 g/mol. The second-order valence-corrected chi connectivity index (χ2v) is 9.79. The number of hydrogen-bond donors (Lipinski definition) is 0. The number of benzene rings is 1. The van der Waals surface area contributed by atoms with E-state index in [4.69, 9.17) is 47.5 Å². The lowest BCUT2D eigenvalue weighted by molar-refractivity contribution is -0.353. The van der Waals surface area contributed by atoms with Crippen LogP contribution in [0.3, 0.4) is 0 Å². The molecule has 11 heteroatoms. The third kappa shape index (κ3) is 4.45. The van der Waals surface area contributed by atoms with E-state index in [-0.39, 0.29) is 12.7 Å². The average molecular weight is 496 g/mol. The molecule has 1 unspecified atom stereocenters. The minimum absolute atomic E-state index is 0.179. The maximum absolute atomic E-state index is 6.46. The van der Waals surface area contributed by atoms with Gasteiger partial charge in [-0.2, -0.15) is 0 Å². The van der Waals surface area contributed by atoms with Crippen molar-refractivity contribution in [1.82, 2.24) is 0 Å². The number of fused-ring (bicyclic) bond motifs is 1. The molecule has 0 radical (unpaired) electrons. The van der Waals surface area contributed by atoms with E-state index in [9.17, 15) is 0 Å². The van der Waals surface area contributed by atoms with Gasteiger partial charge in [0.25, 0.3) is 0 Å². The topological polar surface area (TPSA) is 105 Å². The molecule has 0 aliphatic carbocycles. The Kier molecular flexibility index (Phi) is 6.14. The van der Waals surface area contributed by atoms with Gasteiger partial charge in [-0.15, -0.1) is 0 Å². The van der Waals surface area contributed by atoms with Gasteiger partial charge in [0, 0.05) is 12.1 Å². The molecule has 0 bridgehead atoms. The first-order chi connectivity index (χ1) is 16.6. The van der Waals surface area contributed by atoms with Gasteiger partial charge >= 0.3 is 0 Å². The highest BCUT2D eigenvalue weighted by molar-refractivity contribution is 6.06. The van der Waals surface area contributed by atoms with Crippen molar-refractivity contribution in [3.63, 3.8) is 0 Å². The van der Waals surface area contributed by atoms with Gasteiger partial charge in [0.2, 0.25) is 12.1 Å². The summed E-state index contributed by atoms with van der Waals surface area (Å²) in [5, 5.41) is 4.29. The monoisotopic (exact) mass is 495 g/mol. The predicted molar refractivity (Wildman–Crippen MR) is 121 cm³/mol. The minimum atomic E-state index is -1.17. The Morgan fingerprint density at radius 3 is 2.23 bits per heavy atom. The van der Waals surface area contributed by atoms with Crippen molar-refractivity contribution >= 4 is 5.71 Å². The molecule has 11 nitrogen and oxygen atoms in total. The van der Waals surface area contributed by atoms with Gasteiger partial charge in [0.1, 0.15) is 47.9 Å². The lowest BCUT2D eigenvalue weighted by atomic mass is 9.96. The smallest absolute Gasteiger partial charge is 0.233 e. The quantitative estimate of drug-likeness (QED) is 0.585. The van der Waals surface area contributed by atoms with Crippen molar-refractivity contribution < 1.29 is 47.5 Å². The Morgan fingerprint density at radius 2 is 1.63 bits per heavy atom. The summed E-state index contributed by atoms with van der Waals surface area (Å²) in [4.78, 5) is 5.71. The standard InChI is InChI=1S/C24H33NO10/c1-22(2)30-12-24(35-22)21(20-17(11-29-24)32-23(3,4)33-20)31-18-10-14(25-34-18)19-15(27-6)8-13(26-5)9-16(19)28-7/h8-9,17-18,20-21H,10-12H2,1-7H3/t17-,18?,20-,21-,24+/m1/s1. The van der Waals surface area contributed by atoms with Gasteiger partial charge in [0.05, 0.1) is 39.9 Å². The van der Waals surface area contributed by atoms with Gasteiger partial charge in [0.15, 0.2) is 11.6 Å². The van der Waals surface area contributed by atoms with Crippen LogP contribution in [0, 0.1) is 0 Å². The fourth-order valence-corrected chi connectivity index (χ4v) is 4.98. The summed E-state index contributed by atoms with van der Waals surface area (Å²) in [6.45, 7) is 7.86. The normalized spacial score (nSPS) is 34.9. The number of ether oxygens (including phenoxy) is 9. The highest BCUT2D eigenvalue weighted by atomic mass is 16.9. The van der Waals surface area contributed by atoms with Crippen molar-refractivity contribution in [2.45, 2.75) is 76.1 Å². The lowest BCUT2D eigenvalue weighted by Gasteiger charge is -2.44. The Bertz CT molecular complexity index is 968. The Balaban J connectivity index is 1.39. The van der Waals surface area contributed by atoms with Crippen molar-refractivity contribution in [2.75, 3.05) is 34.5 Å². The van der Waals surface area contributed by atoms with Crippen LogP contribution in [0.4, 0.5) is 0 Å². The van der Waals surface area contributed by atoms with Crippen molar-refractivity contribution in [3.8, 4) is 17.2 Å². The summed E-state index contributed by atoms with van der Waals surface area (Å²) in [5.41, 5.74) is 1.28. The summed E-state index contributed by atoms with van der Waals surface area (Å²) in [6, 6.07) is 3.53. The number of hydrogen-bond acceptors (Lipinski definition) is 11. The molecule has 0 amide bonds. The molecule has 1 aromatic rings. The zero-order chi connectivity index (χ0) is 25.0. The molecule has 194 valence electrons. The summed E-state index contributed by atoms with van der Waals surface area (Å²) >= 11 is 0. The molecule has 0 aromatic heterocycles. The molecule has 35 heavy (non-hydrogen) atoms. The number of rotatable bonds is 6. The van der Waals surface area contributed by atoms with Gasteiger partial charge in [-0.3, -0.25) is 0 Å². The molecule has 4 heterocycles. The predicted octanol–water partition coefficient (Wildman–Crippen LogP) is 2.58. The van der Waals surface area contributed by atoms with Gasteiger partial charge in [-0.1, -0.05) is 5.16 Å². The first-order valence-electron chi connectivity index (χ1n) is 11.6. The molecule has 3 fully saturated rings. The van der Waals surface area contributed by atoms with E-state index < -0.39 is 35.9 Å². The molecule has 5 rings (SSSR count). The van der Waals surface area contributed by atoms with E-state index >= 15 is 0 Å². The summed E-state index contributed by atoms with van der Waals surface area (Å²) < 4.78 is 53.5. The van der Waals surface area contributed by atoms with Crippen LogP contribution in [0.1, 0.15) is 39.7 Å². The SMILES string of the molecule is COc1cc(OC)c(C2=NOC(O[C@@H]3[C@@H]4OC(C)(C)O[C@@H]4CO[C@]34COC(C)(C)O4)C2)c(OC)c1. The van der Waals surface area contributed by atoms with Crippen molar-refractivity contribution in [3.05, 3.63) is 17.7 Å². The van der Waals surface area contributed by atoms with Crippen LogP contribution >= 0.6 is 0 Å². The molecular formula is C24H33NO10. The second kappa shape index (κ2) is 8.75. The van der Waals surface area contributed by atoms with Crippen LogP contribution < -0.4 is 14.2 Å². The van der Waals surface area contributed by atoms with Crippen LogP contribution in [0.2, 0.25) is 0 Å². The Hall–Kier alpha value is -2.15. The van der Waals surface area contributed by atoms with Crippen LogP contribution in [0.5, 0.6) is 17.2 Å². The largest absolute Gasteiger partial charge is 0.496 e. The molecule has 3 saturated heterocycles. The molecule has 5 atom stereocenters. The fraction of sp³-hybridized carbons (Fsp3) is 0.708. The van der Waals surface area contributed by atoms with Gasteiger partial charge < -0.3 is 47.5 Å². The minimum Gasteiger partial charge on any atom is -0.496 e. The van der Waals surface area contributed by atoms with Gasteiger partial charge in [-0.05, 0) is 27.7 Å². The summed E-state index contributed by atoms with van der Waals surface area (Å²) in [6.07, 6.45) is -1.86. The molecule has 0 N–H and O–H groups in total. The third-order valence-corrected chi connectivity index (χ3v) is 6.43. The highest BCUT2D eigenvalue weighted by Crippen LogP contribution is 2.46. The first kappa shape index (κ1) is 24.5. The molecule has 4 aliphatic heterocycles. The highest BCUT2D eigenvalue weighted by Gasteiger charge is 2.64. The van der Waals surface area contributed by atoms with Gasteiger partial charge in [-0.25, -0.2) is 0 Å². The maximum atomic E-state index is 6.46. The van der Waals surface area contributed by atoms with Crippen LogP contribution in [-0.2, 0) is 33.3 Å². The Morgan fingerprint density at radius 1 is 0.914 bits per heavy atom. The zero-order valence-electron chi connectivity index (χ0n) is 21.1. The molecule has 0 saturated carbocycles. The number of nitrogens with zero attached hydrogens (tertiary/aromatic N) is 1. The van der Waals surface area contributed by atoms with Crippen LogP contribution in [-0.4, -0.2) is 82.2 Å². The van der Waals surface area contributed by atoms with E-state index in [1.54, 1.807) is 33.5 Å². The summed E-state index contributed by atoms with van der Waals surface area (Å²) in [5.74, 6) is -1.11. The Labute approximate surface area is 204 Å². The number of oxime groups is 1. The second-order valence-electron chi connectivity index (χ2n) is 9.79. The molecule has 1 aromatic carbocycles. The molecule has 1 spiro atoms. The molecule has 4 aliphatic rings. The fourth-order valence-electron chi connectivity index (χ4n) is 4.98. The third-order valence-electron chi connectivity index (χ3n) is 6.43. The maximum Gasteiger partial charge on any atom is 0.233 e. The first-order valence-corrected chi connectivity index (χ1v) is 11.6. The average Bonchev–Trinajstić information content (AvgIpc) is 3.49. The van der Waals surface area contributed by atoms with Crippen LogP contribution in [0.15, 0.2) is 17.3 Å². The van der Waals surface area contributed by atoms with E-state index in [0.717, 1.165) is 0 Å². The van der Waals surface area contributed by atoms with Crippen LogP contribution in [0.25, 0.3) is 0 Å². The lowest BCUT2D eigenvalue weighted by Crippen LogP contribution is -2.63.